The number of fused-ring (bicyclic) bond motifs is 1. The fraction of sp³-hybridized carbons (Fsp3) is 0.211. The maximum absolute atomic E-state index is 12.4. The molecule has 0 spiro atoms. The van der Waals surface area contributed by atoms with Crippen LogP contribution in [0.4, 0.5) is 11.4 Å². The molecule has 1 N–H and O–H groups in total. The molecule has 3 rings (SSSR count). The molecule has 23 heavy (non-hydrogen) atoms. The highest BCUT2D eigenvalue weighted by Gasteiger charge is 2.38. The van der Waals surface area contributed by atoms with Crippen LogP contribution in [0.5, 0.6) is 0 Å². The molecule has 0 radical (unpaired) electrons. The first kappa shape index (κ1) is 15.8. The van der Waals surface area contributed by atoms with Crippen LogP contribution in [0, 0.1) is 0 Å². The molecule has 118 valence electrons. The van der Waals surface area contributed by atoms with Crippen molar-refractivity contribution in [2.75, 3.05) is 17.3 Å². The highest BCUT2D eigenvalue weighted by atomic mass is 79.9. The van der Waals surface area contributed by atoms with Gasteiger partial charge < -0.3 is 10.2 Å². The van der Waals surface area contributed by atoms with Crippen molar-refractivity contribution in [3.8, 4) is 0 Å². The summed E-state index contributed by atoms with van der Waals surface area (Å²) in [5, 5.41) is 2.92. The lowest BCUT2D eigenvalue weighted by Crippen LogP contribution is -2.25. The van der Waals surface area contributed by atoms with E-state index in [9.17, 15) is 4.79 Å². The van der Waals surface area contributed by atoms with Crippen molar-refractivity contribution >= 4 is 33.2 Å². The molecule has 0 fully saturated rings. The smallest absolute Gasteiger partial charge is 0.250 e. The third-order valence-corrected chi connectivity index (χ3v) is 4.85. The number of hydrogen-bond donors (Lipinski definition) is 1. The molecule has 0 unspecified atom stereocenters. The number of amides is 1. The van der Waals surface area contributed by atoms with Crippen LogP contribution in [-0.2, 0) is 10.2 Å². The zero-order chi connectivity index (χ0) is 16.6. The lowest BCUT2D eigenvalue weighted by atomic mass is 9.84. The second-order valence-electron chi connectivity index (χ2n) is 6.23. The van der Waals surface area contributed by atoms with Crippen molar-refractivity contribution in [1.82, 2.24) is 0 Å². The Morgan fingerprint density at radius 2 is 1.78 bits per heavy atom. The molecule has 0 saturated heterocycles. The summed E-state index contributed by atoms with van der Waals surface area (Å²) in [7, 11) is 2.01. The number of benzene rings is 2. The van der Waals surface area contributed by atoms with E-state index >= 15 is 0 Å². The van der Waals surface area contributed by atoms with Gasteiger partial charge in [-0.25, -0.2) is 0 Å². The van der Waals surface area contributed by atoms with Crippen LogP contribution in [0.3, 0.4) is 0 Å². The highest BCUT2D eigenvalue weighted by Crippen LogP contribution is 2.46. The van der Waals surface area contributed by atoms with E-state index in [0.717, 1.165) is 21.5 Å². The quantitative estimate of drug-likeness (QED) is 0.777. The van der Waals surface area contributed by atoms with Crippen molar-refractivity contribution in [3.63, 3.8) is 0 Å². The van der Waals surface area contributed by atoms with Gasteiger partial charge in [0.2, 0.25) is 5.91 Å². The molecule has 3 nitrogen and oxygen atoms in total. The van der Waals surface area contributed by atoms with E-state index in [4.69, 9.17) is 0 Å². The molecular formula is C19H19BrN2O. The van der Waals surface area contributed by atoms with Crippen molar-refractivity contribution in [2.45, 2.75) is 19.3 Å². The molecule has 1 heterocycles. The molecule has 1 aliphatic heterocycles. The van der Waals surface area contributed by atoms with Crippen LogP contribution < -0.4 is 10.2 Å². The molecule has 1 aliphatic rings. The molecule has 0 atom stereocenters. The fourth-order valence-corrected chi connectivity index (χ4v) is 3.36. The number of anilines is 2. The molecule has 0 aliphatic carbocycles. The summed E-state index contributed by atoms with van der Waals surface area (Å²) >= 11 is 3.39. The number of halogens is 1. The van der Waals surface area contributed by atoms with Gasteiger partial charge in [-0.2, -0.15) is 0 Å². The van der Waals surface area contributed by atoms with Crippen LogP contribution in [-0.4, -0.2) is 13.0 Å². The Hall–Kier alpha value is -2.07. The lowest BCUT2D eigenvalue weighted by Gasteiger charge is -2.24. The van der Waals surface area contributed by atoms with Gasteiger partial charge >= 0.3 is 0 Å². The SMILES string of the molecule is CN1/C(=C\C(=O)Nc2ccc(Br)cc2)C(C)(C)c2ccccc21. The van der Waals surface area contributed by atoms with Gasteiger partial charge in [0.05, 0.1) is 0 Å². The van der Waals surface area contributed by atoms with Gasteiger partial charge in [-0.1, -0.05) is 48.0 Å². The van der Waals surface area contributed by atoms with Gasteiger partial charge in [0.25, 0.3) is 0 Å². The fourth-order valence-electron chi connectivity index (χ4n) is 3.09. The van der Waals surface area contributed by atoms with Gasteiger partial charge in [-0.3, -0.25) is 4.79 Å². The first-order valence-corrected chi connectivity index (χ1v) is 8.31. The van der Waals surface area contributed by atoms with E-state index in [1.165, 1.54) is 5.56 Å². The monoisotopic (exact) mass is 370 g/mol. The minimum absolute atomic E-state index is 0.116. The summed E-state index contributed by atoms with van der Waals surface area (Å²) in [5.41, 5.74) is 3.98. The Morgan fingerprint density at radius 1 is 1.13 bits per heavy atom. The van der Waals surface area contributed by atoms with Crippen molar-refractivity contribution in [2.24, 2.45) is 0 Å². The number of hydrogen-bond acceptors (Lipinski definition) is 2. The third kappa shape index (κ3) is 2.91. The number of likely N-dealkylation sites (N-methyl/N-ethyl adjacent to an activating group) is 1. The number of allylic oxidation sites excluding steroid dienone is 1. The summed E-state index contributed by atoms with van der Waals surface area (Å²) in [6.07, 6.45) is 1.70. The molecule has 1 amide bonds. The predicted molar refractivity (Wildman–Crippen MR) is 98.7 cm³/mol. The van der Waals surface area contributed by atoms with Gasteiger partial charge in [0.15, 0.2) is 0 Å². The Balaban J connectivity index is 1.88. The van der Waals surface area contributed by atoms with Crippen molar-refractivity contribution in [1.29, 1.82) is 0 Å². The second kappa shape index (κ2) is 5.85. The van der Waals surface area contributed by atoms with Gasteiger partial charge in [0.1, 0.15) is 0 Å². The average molecular weight is 371 g/mol. The van der Waals surface area contributed by atoms with E-state index in [0.29, 0.717) is 0 Å². The summed E-state index contributed by atoms with van der Waals surface area (Å²) in [6.45, 7) is 4.29. The minimum atomic E-state index is -0.192. The Labute approximate surface area is 145 Å². The second-order valence-corrected chi connectivity index (χ2v) is 7.14. The molecule has 0 bridgehead atoms. The Kier molecular flexibility index (Phi) is 4.02. The molecule has 2 aromatic rings. The summed E-state index contributed by atoms with van der Waals surface area (Å²) in [6, 6.07) is 15.8. The molecule has 4 heteroatoms. The van der Waals surface area contributed by atoms with Crippen molar-refractivity contribution < 1.29 is 4.79 Å². The van der Waals surface area contributed by atoms with Crippen LogP contribution >= 0.6 is 15.9 Å². The maximum atomic E-state index is 12.4. The van der Waals surface area contributed by atoms with E-state index in [1.54, 1.807) is 6.08 Å². The highest BCUT2D eigenvalue weighted by molar-refractivity contribution is 9.10. The van der Waals surface area contributed by atoms with Crippen molar-refractivity contribution in [3.05, 3.63) is 70.3 Å². The maximum Gasteiger partial charge on any atom is 0.250 e. The van der Waals surface area contributed by atoms with E-state index in [-0.39, 0.29) is 11.3 Å². The number of carbonyl (C=O) groups is 1. The Morgan fingerprint density at radius 3 is 2.43 bits per heavy atom. The zero-order valence-corrected chi connectivity index (χ0v) is 15.0. The standard InChI is InChI=1S/C19H19BrN2O/c1-19(2)15-6-4-5-7-16(15)22(3)17(19)12-18(23)21-14-10-8-13(20)9-11-14/h4-12H,1-3H3,(H,21,23)/b17-12-. The summed E-state index contributed by atoms with van der Waals surface area (Å²) in [5.74, 6) is -0.116. The summed E-state index contributed by atoms with van der Waals surface area (Å²) < 4.78 is 0.987. The van der Waals surface area contributed by atoms with E-state index < -0.39 is 0 Å². The predicted octanol–water partition coefficient (Wildman–Crippen LogP) is 4.70. The summed E-state index contributed by atoms with van der Waals surface area (Å²) in [4.78, 5) is 14.5. The average Bonchev–Trinajstić information content (AvgIpc) is 2.71. The van der Waals surface area contributed by atoms with Crippen LogP contribution in [0.1, 0.15) is 19.4 Å². The number of nitrogens with one attached hydrogen (secondary N) is 1. The van der Waals surface area contributed by atoms with Gasteiger partial charge in [-0.05, 0) is 35.9 Å². The number of nitrogens with zero attached hydrogens (tertiary/aromatic N) is 1. The van der Waals surface area contributed by atoms with Gasteiger partial charge in [-0.15, -0.1) is 0 Å². The van der Waals surface area contributed by atoms with Crippen LogP contribution in [0.15, 0.2) is 64.8 Å². The number of rotatable bonds is 2. The molecular weight excluding hydrogens is 352 g/mol. The number of carbonyl (C=O) groups excluding carboxylic acids is 1. The van der Waals surface area contributed by atoms with Crippen LogP contribution in [0.2, 0.25) is 0 Å². The Bertz CT molecular complexity index is 778. The topological polar surface area (TPSA) is 32.3 Å². The lowest BCUT2D eigenvalue weighted by molar-refractivity contribution is -0.112. The first-order chi connectivity index (χ1) is 10.9. The largest absolute Gasteiger partial charge is 0.347 e. The third-order valence-electron chi connectivity index (χ3n) is 4.32. The van der Waals surface area contributed by atoms with Gasteiger partial charge in [0, 0.05) is 40.1 Å². The normalized spacial score (nSPS) is 17.2. The molecule has 0 aromatic heterocycles. The minimum Gasteiger partial charge on any atom is -0.347 e. The van der Waals surface area contributed by atoms with E-state index in [1.807, 2.05) is 43.4 Å². The van der Waals surface area contributed by atoms with E-state index in [2.05, 4.69) is 52.1 Å². The molecule has 2 aromatic carbocycles. The first-order valence-electron chi connectivity index (χ1n) is 7.51. The van der Waals surface area contributed by atoms with Crippen LogP contribution in [0.25, 0.3) is 0 Å². The molecule has 0 saturated carbocycles. The number of para-hydroxylation sites is 1. The zero-order valence-electron chi connectivity index (χ0n) is 13.4.